The van der Waals surface area contributed by atoms with Crippen LogP contribution >= 0.6 is 11.3 Å². The summed E-state index contributed by atoms with van der Waals surface area (Å²) in [7, 11) is -2.11. The number of nitrogens with one attached hydrogen (secondary N) is 4. The van der Waals surface area contributed by atoms with Crippen molar-refractivity contribution in [2.75, 3.05) is 32.9 Å². The SMILES string of the molecule is CN(C[C@@H](NC(=O)N[C@H](C(=O)N1C[C@H]2[C@@H]([C@H]1C(=O)N[C@@H](CC(F)F)C(=O)NCCc1cccs1)C2(C)C)C(C)(C)C)C(C)(C)C)S(C)(=O)=O. The van der Waals surface area contributed by atoms with Gasteiger partial charge < -0.3 is 26.2 Å². The third-order valence-electron chi connectivity index (χ3n) is 9.80. The van der Waals surface area contributed by atoms with Crippen molar-refractivity contribution in [3.8, 4) is 0 Å². The lowest BCUT2D eigenvalue weighted by atomic mass is 9.85. The monoisotopic (exact) mass is 732 g/mol. The van der Waals surface area contributed by atoms with E-state index in [1.54, 1.807) is 20.8 Å². The van der Waals surface area contributed by atoms with Crippen molar-refractivity contribution < 1.29 is 36.4 Å². The van der Waals surface area contributed by atoms with E-state index in [9.17, 15) is 36.4 Å². The fourth-order valence-corrected chi connectivity index (χ4v) is 7.57. The number of alkyl halides is 2. The van der Waals surface area contributed by atoms with Gasteiger partial charge in [0.2, 0.25) is 34.2 Å². The highest BCUT2D eigenvalue weighted by Gasteiger charge is 2.70. The predicted octanol–water partition coefficient (Wildman–Crippen LogP) is 3.05. The van der Waals surface area contributed by atoms with Gasteiger partial charge in [-0.3, -0.25) is 14.4 Å². The van der Waals surface area contributed by atoms with Crippen LogP contribution in [0.3, 0.4) is 0 Å². The van der Waals surface area contributed by atoms with Crippen LogP contribution in [0.1, 0.15) is 66.7 Å². The van der Waals surface area contributed by atoms with E-state index in [0.717, 1.165) is 15.4 Å². The first-order valence-corrected chi connectivity index (χ1v) is 19.3. The molecule has 4 N–H and O–H groups in total. The Bertz CT molecular complexity index is 1460. The number of carbonyl (C=O) groups is 4. The highest BCUT2D eigenvalue weighted by atomic mass is 32.2. The summed E-state index contributed by atoms with van der Waals surface area (Å²) in [5.74, 6) is -2.24. The maximum atomic E-state index is 14.3. The Morgan fingerprint density at radius 2 is 1.69 bits per heavy atom. The number of rotatable bonds is 14. The molecule has 1 saturated heterocycles. The van der Waals surface area contributed by atoms with E-state index in [2.05, 4.69) is 21.3 Å². The fourth-order valence-electron chi connectivity index (χ4n) is 6.44. The largest absolute Gasteiger partial charge is 0.354 e. The molecule has 0 radical (unpaired) electrons. The van der Waals surface area contributed by atoms with Crippen molar-refractivity contribution in [1.82, 2.24) is 30.5 Å². The first-order valence-electron chi connectivity index (χ1n) is 16.5. The standard InChI is InChI=1S/C33H54F2N6O6S2/c1-31(2,3)22(18-40(9)49(10,46)47)38-30(45)39-26(32(4,5)6)29(44)41-17-20-24(33(20,7)8)25(41)28(43)37-21(16-23(34)35)27(42)36-14-13-19-12-11-15-48-19/h11-12,15,20-26H,13-14,16-18H2,1-10H3,(H,36,42)(H,37,43)(H2,38,39,45)/t20-,21-,22+,24-,25-,26+/m0/s1. The average molecular weight is 733 g/mol. The number of piperidine rings is 1. The molecule has 1 aliphatic heterocycles. The number of carbonyl (C=O) groups excluding carboxylic acids is 4. The lowest BCUT2D eigenvalue weighted by Gasteiger charge is -2.39. The van der Waals surface area contributed by atoms with Gasteiger partial charge in [-0.15, -0.1) is 11.3 Å². The summed E-state index contributed by atoms with van der Waals surface area (Å²) in [6.07, 6.45) is -2.16. The van der Waals surface area contributed by atoms with Crippen LogP contribution in [0.4, 0.5) is 13.6 Å². The Morgan fingerprint density at radius 1 is 1.06 bits per heavy atom. The smallest absolute Gasteiger partial charge is 0.315 e. The maximum Gasteiger partial charge on any atom is 0.315 e. The highest BCUT2D eigenvalue weighted by Crippen LogP contribution is 2.65. The summed E-state index contributed by atoms with van der Waals surface area (Å²) in [6.45, 7) is 15.3. The van der Waals surface area contributed by atoms with Gasteiger partial charge in [0, 0.05) is 44.0 Å². The zero-order valence-corrected chi connectivity index (χ0v) is 31.9. The maximum absolute atomic E-state index is 14.3. The molecular weight excluding hydrogens is 679 g/mol. The third kappa shape index (κ3) is 10.3. The number of sulfonamides is 1. The minimum absolute atomic E-state index is 0.00189. The molecule has 2 aliphatic rings. The molecule has 1 aliphatic carbocycles. The molecule has 49 heavy (non-hydrogen) atoms. The third-order valence-corrected chi connectivity index (χ3v) is 12.0. The summed E-state index contributed by atoms with van der Waals surface area (Å²) in [6, 6.07) is -1.17. The quantitative estimate of drug-likeness (QED) is 0.231. The van der Waals surface area contributed by atoms with Crippen LogP contribution in [0.15, 0.2) is 17.5 Å². The van der Waals surface area contributed by atoms with E-state index in [0.29, 0.717) is 6.42 Å². The van der Waals surface area contributed by atoms with Crippen LogP contribution in [0.25, 0.3) is 0 Å². The molecule has 1 aromatic heterocycles. The van der Waals surface area contributed by atoms with E-state index < -0.39 is 81.6 Å². The number of urea groups is 1. The summed E-state index contributed by atoms with van der Waals surface area (Å²) in [5, 5.41) is 12.7. The van der Waals surface area contributed by atoms with Gasteiger partial charge in [0.1, 0.15) is 18.1 Å². The van der Waals surface area contributed by atoms with Crippen LogP contribution in [0.5, 0.6) is 0 Å². The first-order chi connectivity index (χ1) is 22.4. The van der Waals surface area contributed by atoms with Crippen LogP contribution < -0.4 is 21.3 Å². The molecule has 1 saturated carbocycles. The van der Waals surface area contributed by atoms with E-state index in [4.69, 9.17) is 0 Å². The second-order valence-electron chi connectivity index (χ2n) is 16.1. The molecule has 0 unspecified atom stereocenters. The normalized spacial score (nSPS) is 22.2. The van der Waals surface area contributed by atoms with Gasteiger partial charge in [0.05, 0.1) is 6.26 Å². The predicted molar refractivity (Wildman–Crippen MR) is 185 cm³/mol. The molecular formula is C33H54F2N6O6S2. The molecule has 2 heterocycles. The average Bonchev–Trinajstić information content (AvgIpc) is 3.37. The Balaban J connectivity index is 1.80. The van der Waals surface area contributed by atoms with Gasteiger partial charge in [-0.1, -0.05) is 61.5 Å². The summed E-state index contributed by atoms with van der Waals surface area (Å²) in [5.41, 5.74) is -1.67. The molecule has 16 heteroatoms. The van der Waals surface area contributed by atoms with Gasteiger partial charge in [-0.05, 0) is 45.9 Å². The van der Waals surface area contributed by atoms with Gasteiger partial charge in [-0.2, -0.15) is 0 Å². The van der Waals surface area contributed by atoms with Crippen molar-refractivity contribution in [1.29, 1.82) is 0 Å². The van der Waals surface area contributed by atoms with E-state index >= 15 is 0 Å². The Labute approximate surface area is 293 Å². The number of likely N-dealkylation sites (N-methyl/N-ethyl adjacent to an activating group) is 1. The fraction of sp³-hybridized carbons (Fsp3) is 0.758. The Kier molecular flexibility index (Phi) is 12.6. The molecule has 278 valence electrons. The highest BCUT2D eigenvalue weighted by molar-refractivity contribution is 7.88. The lowest BCUT2D eigenvalue weighted by molar-refractivity contribution is -0.144. The Hall–Kier alpha value is -2.85. The van der Waals surface area contributed by atoms with Gasteiger partial charge >= 0.3 is 6.03 Å². The lowest BCUT2D eigenvalue weighted by Crippen LogP contribution is -2.62. The molecule has 0 spiro atoms. The van der Waals surface area contributed by atoms with Crippen LogP contribution in [-0.2, 0) is 30.8 Å². The number of amides is 5. The van der Waals surface area contributed by atoms with Gasteiger partial charge in [-0.25, -0.2) is 26.3 Å². The second-order valence-corrected chi connectivity index (χ2v) is 19.2. The van der Waals surface area contributed by atoms with E-state index in [1.807, 2.05) is 52.1 Å². The van der Waals surface area contributed by atoms with Gasteiger partial charge in [0.25, 0.3) is 0 Å². The summed E-state index contributed by atoms with van der Waals surface area (Å²) < 4.78 is 52.5. The van der Waals surface area contributed by atoms with Crippen LogP contribution in [0.2, 0.25) is 0 Å². The van der Waals surface area contributed by atoms with E-state index in [-0.39, 0.29) is 36.9 Å². The molecule has 1 aromatic rings. The van der Waals surface area contributed by atoms with Crippen molar-refractivity contribution in [3.05, 3.63) is 22.4 Å². The topological polar surface area (TPSA) is 157 Å². The number of thiophene rings is 1. The molecule has 12 nitrogen and oxygen atoms in total. The minimum atomic E-state index is -3.53. The molecule has 0 aromatic carbocycles. The van der Waals surface area contributed by atoms with Crippen molar-refractivity contribution in [3.63, 3.8) is 0 Å². The van der Waals surface area contributed by atoms with Gasteiger partial charge in [0.15, 0.2) is 0 Å². The molecule has 5 amide bonds. The van der Waals surface area contributed by atoms with Crippen LogP contribution in [0, 0.1) is 28.1 Å². The summed E-state index contributed by atoms with van der Waals surface area (Å²) >= 11 is 1.51. The zero-order valence-electron chi connectivity index (χ0n) is 30.2. The molecule has 2 fully saturated rings. The number of nitrogens with zero attached hydrogens (tertiary/aromatic N) is 2. The van der Waals surface area contributed by atoms with E-state index in [1.165, 1.54) is 23.3 Å². The first kappa shape index (κ1) is 40.6. The number of fused-ring (bicyclic) bond motifs is 1. The number of likely N-dealkylation sites (tertiary alicyclic amines) is 1. The molecule has 6 atom stereocenters. The number of hydrogen-bond donors (Lipinski definition) is 4. The molecule has 3 rings (SSSR count). The van der Waals surface area contributed by atoms with Crippen LogP contribution in [-0.4, -0.2) is 105 Å². The zero-order chi connectivity index (χ0) is 37.3. The van der Waals surface area contributed by atoms with Crippen molar-refractivity contribution in [2.24, 2.45) is 28.1 Å². The van der Waals surface area contributed by atoms with Crippen molar-refractivity contribution in [2.45, 2.75) is 98.8 Å². The number of halogens is 2. The van der Waals surface area contributed by atoms with Crippen molar-refractivity contribution >= 4 is 45.1 Å². The molecule has 0 bridgehead atoms. The number of hydrogen-bond acceptors (Lipinski definition) is 7. The minimum Gasteiger partial charge on any atom is -0.354 e. The summed E-state index contributed by atoms with van der Waals surface area (Å²) in [4.78, 5) is 57.0. The Morgan fingerprint density at radius 3 is 2.20 bits per heavy atom. The second kappa shape index (κ2) is 15.2.